The van der Waals surface area contributed by atoms with Crippen LogP contribution in [-0.2, 0) is 6.54 Å². The van der Waals surface area contributed by atoms with Crippen molar-refractivity contribution in [3.8, 4) is 0 Å². The summed E-state index contributed by atoms with van der Waals surface area (Å²) < 4.78 is 13.6. The van der Waals surface area contributed by atoms with E-state index < -0.39 is 0 Å². The van der Waals surface area contributed by atoms with E-state index in [0.717, 1.165) is 0 Å². The molecule has 100 valence electrons. The summed E-state index contributed by atoms with van der Waals surface area (Å²) in [6, 6.07) is 8.37. The second kappa shape index (κ2) is 5.88. The molecule has 0 atom stereocenters. The van der Waals surface area contributed by atoms with E-state index in [9.17, 15) is 4.39 Å². The number of anilines is 2. The van der Waals surface area contributed by atoms with Crippen molar-refractivity contribution in [1.82, 2.24) is 9.97 Å². The number of hydrogen-bond donors (Lipinski definition) is 1. The van der Waals surface area contributed by atoms with Gasteiger partial charge in [-0.2, -0.15) is 0 Å². The zero-order valence-corrected chi connectivity index (χ0v) is 11.6. The predicted molar refractivity (Wildman–Crippen MR) is 76.7 cm³/mol. The van der Waals surface area contributed by atoms with Crippen LogP contribution in [0.4, 0.5) is 16.0 Å². The molecule has 19 heavy (non-hydrogen) atoms. The van der Waals surface area contributed by atoms with Crippen molar-refractivity contribution in [2.24, 2.45) is 0 Å². The number of nitrogens with zero attached hydrogens (tertiary/aromatic N) is 3. The van der Waals surface area contributed by atoms with Crippen molar-refractivity contribution < 1.29 is 4.39 Å². The number of aromatic nitrogens is 2. The van der Waals surface area contributed by atoms with Gasteiger partial charge in [-0.1, -0.05) is 30.0 Å². The largest absolute Gasteiger partial charge is 0.383 e. The first-order chi connectivity index (χ1) is 9.10. The van der Waals surface area contributed by atoms with E-state index in [1.54, 1.807) is 18.2 Å². The summed E-state index contributed by atoms with van der Waals surface area (Å²) in [5.74, 6) is 0.872. The summed E-state index contributed by atoms with van der Waals surface area (Å²) in [6.07, 6.45) is 1.88. The van der Waals surface area contributed by atoms with Gasteiger partial charge >= 0.3 is 0 Å². The van der Waals surface area contributed by atoms with Gasteiger partial charge < -0.3 is 10.6 Å². The molecule has 0 fully saturated rings. The van der Waals surface area contributed by atoms with Crippen LogP contribution in [0.3, 0.4) is 0 Å². The topological polar surface area (TPSA) is 55.0 Å². The molecule has 0 saturated heterocycles. The molecule has 0 amide bonds. The van der Waals surface area contributed by atoms with Gasteiger partial charge in [0.2, 0.25) is 0 Å². The molecule has 0 spiro atoms. The summed E-state index contributed by atoms with van der Waals surface area (Å²) >= 11 is 1.42. The van der Waals surface area contributed by atoms with E-state index in [-0.39, 0.29) is 5.82 Å². The minimum Gasteiger partial charge on any atom is -0.383 e. The van der Waals surface area contributed by atoms with Gasteiger partial charge in [-0.05, 0) is 12.3 Å². The van der Waals surface area contributed by atoms with Crippen LogP contribution in [0.15, 0.2) is 35.5 Å². The monoisotopic (exact) mass is 278 g/mol. The number of nitrogen functional groups attached to an aromatic ring is 1. The van der Waals surface area contributed by atoms with E-state index >= 15 is 0 Å². The molecule has 1 aromatic heterocycles. The predicted octanol–water partition coefficient (Wildman–Crippen LogP) is 2.56. The second-order valence-electron chi connectivity index (χ2n) is 4.09. The highest BCUT2D eigenvalue weighted by atomic mass is 32.2. The molecule has 0 unspecified atom stereocenters. The minimum atomic E-state index is -0.221. The summed E-state index contributed by atoms with van der Waals surface area (Å²) in [7, 11) is 1.85. The normalized spacial score (nSPS) is 10.5. The molecule has 0 aliphatic carbocycles. The molecule has 1 aromatic carbocycles. The van der Waals surface area contributed by atoms with E-state index in [0.29, 0.717) is 28.9 Å². The fourth-order valence-corrected chi connectivity index (χ4v) is 2.06. The Morgan fingerprint density at radius 1 is 1.32 bits per heavy atom. The first kappa shape index (κ1) is 13.6. The molecule has 0 aliphatic heterocycles. The van der Waals surface area contributed by atoms with Gasteiger partial charge in [0.05, 0.1) is 0 Å². The summed E-state index contributed by atoms with van der Waals surface area (Å²) in [4.78, 5) is 10.3. The molecule has 0 saturated carbocycles. The van der Waals surface area contributed by atoms with Crippen LogP contribution in [0.5, 0.6) is 0 Å². The van der Waals surface area contributed by atoms with Crippen molar-refractivity contribution >= 4 is 23.4 Å². The van der Waals surface area contributed by atoms with Crippen LogP contribution in [0.25, 0.3) is 0 Å². The molecule has 0 radical (unpaired) electrons. The molecule has 0 aliphatic rings. The number of thioether (sulfide) groups is 1. The lowest BCUT2D eigenvalue weighted by atomic mass is 10.2. The third-order valence-electron chi connectivity index (χ3n) is 2.65. The highest BCUT2D eigenvalue weighted by Gasteiger charge is 2.09. The van der Waals surface area contributed by atoms with Gasteiger partial charge in [-0.3, -0.25) is 0 Å². The quantitative estimate of drug-likeness (QED) is 0.688. The Hall–Kier alpha value is -1.82. The summed E-state index contributed by atoms with van der Waals surface area (Å²) in [6.45, 7) is 0.428. The molecule has 2 rings (SSSR count). The van der Waals surface area contributed by atoms with Crippen molar-refractivity contribution in [3.05, 3.63) is 41.7 Å². The molecule has 4 nitrogen and oxygen atoms in total. The van der Waals surface area contributed by atoms with Gasteiger partial charge in [0.15, 0.2) is 5.16 Å². The highest BCUT2D eigenvalue weighted by Crippen LogP contribution is 2.20. The molecular formula is C13H15FN4S. The van der Waals surface area contributed by atoms with Gasteiger partial charge in [0, 0.05) is 25.2 Å². The van der Waals surface area contributed by atoms with E-state index in [2.05, 4.69) is 9.97 Å². The number of nitrogens with two attached hydrogens (primary N) is 1. The molecule has 2 aromatic rings. The fraction of sp³-hybridized carbons (Fsp3) is 0.231. The number of hydrogen-bond acceptors (Lipinski definition) is 5. The molecule has 2 N–H and O–H groups in total. The van der Waals surface area contributed by atoms with Crippen molar-refractivity contribution in [2.45, 2.75) is 11.7 Å². The highest BCUT2D eigenvalue weighted by molar-refractivity contribution is 7.98. The smallest absolute Gasteiger partial charge is 0.191 e. The summed E-state index contributed by atoms with van der Waals surface area (Å²) in [5.41, 5.74) is 6.35. The number of rotatable bonds is 4. The maximum atomic E-state index is 13.6. The van der Waals surface area contributed by atoms with Crippen LogP contribution in [0.2, 0.25) is 0 Å². The van der Waals surface area contributed by atoms with Crippen molar-refractivity contribution in [1.29, 1.82) is 0 Å². The number of halogens is 1. The third-order valence-corrected chi connectivity index (χ3v) is 3.20. The van der Waals surface area contributed by atoms with Crippen molar-refractivity contribution in [3.63, 3.8) is 0 Å². The van der Waals surface area contributed by atoms with E-state index in [4.69, 9.17) is 5.73 Å². The average Bonchev–Trinajstić information content (AvgIpc) is 2.40. The lowest BCUT2D eigenvalue weighted by Crippen LogP contribution is -2.19. The standard InChI is InChI=1S/C13H15FN4S/c1-18(8-9-5-3-4-6-10(9)14)12-7-11(15)16-13(17-12)19-2/h3-7H,8H2,1-2H3,(H2,15,16,17). The van der Waals surface area contributed by atoms with Gasteiger partial charge in [0.25, 0.3) is 0 Å². The Labute approximate surface area is 115 Å². The lowest BCUT2D eigenvalue weighted by molar-refractivity contribution is 0.607. The van der Waals surface area contributed by atoms with Crippen LogP contribution in [-0.4, -0.2) is 23.3 Å². The molecular weight excluding hydrogens is 263 g/mol. The fourth-order valence-electron chi connectivity index (χ4n) is 1.68. The van der Waals surface area contributed by atoms with Crippen LogP contribution in [0.1, 0.15) is 5.56 Å². The molecule has 0 bridgehead atoms. The SMILES string of the molecule is CSc1nc(N)cc(N(C)Cc2ccccc2F)n1. The maximum absolute atomic E-state index is 13.6. The number of benzene rings is 1. The van der Waals surface area contributed by atoms with Crippen LogP contribution in [0, 0.1) is 5.82 Å². The Balaban J connectivity index is 2.22. The molecule has 1 heterocycles. The third kappa shape index (κ3) is 3.35. The maximum Gasteiger partial charge on any atom is 0.191 e. The van der Waals surface area contributed by atoms with Gasteiger partial charge in [0.1, 0.15) is 17.5 Å². The average molecular weight is 278 g/mol. The van der Waals surface area contributed by atoms with Gasteiger partial charge in [-0.25, -0.2) is 14.4 Å². The Bertz CT molecular complexity index is 576. The van der Waals surface area contributed by atoms with E-state index in [1.807, 2.05) is 24.3 Å². The Morgan fingerprint density at radius 3 is 2.74 bits per heavy atom. The second-order valence-corrected chi connectivity index (χ2v) is 4.86. The van der Waals surface area contributed by atoms with E-state index in [1.165, 1.54) is 17.8 Å². The molecule has 6 heteroatoms. The zero-order valence-electron chi connectivity index (χ0n) is 10.8. The van der Waals surface area contributed by atoms with Crippen LogP contribution >= 0.6 is 11.8 Å². The van der Waals surface area contributed by atoms with Crippen LogP contribution < -0.4 is 10.6 Å². The van der Waals surface area contributed by atoms with Crippen molar-refractivity contribution in [2.75, 3.05) is 23.9 Å². The summed E-state index contributed by atoms with van der Waals surface area (Å²) in [5, 5.41) is 0.607. The zero-order chi connectivity index (χ0) is 13.8. The first-order valence-electron chi connectivity index (χ1n) is 5.73. The van der Waals surface area contributed by atoms with Gasteiger partial charge in [-0.15, -0.1) is 0 Å². The Kier molecular flexibility index (Phi) is 4.21. The minimum absolute atomic E-state index is 0.221. The Morgan fingerprint density at radius 2 is 2.05 bits per heavy atom. The first-order valence-corrected chi connectivity index (χ1v) is 6.95. The lowest BCUT2D eigenvalue weighted by Gasteiger charge is -2.19.